The predicted octanol–water partition coefficient (Wildman–Crippen LogP) is 5.17. The van der Waals surface area contributed by atoms with Gasteiger partial charge in [-0.3, -0.25) is 9.59 Å². The van der Waals surface area contributed by atoms with Gasteiger partial charge >= 0.3 is 0 Å². The molecule has 7 nitrogen and oxygen atoms in total. The third-order valence-corrected chi connectivity index (χ3v) is 6.19. The summed E-state index contributed by atoms with van der Waals surface area (Å²) in [6, 6.07) is 8.84. The van der Waals surface area contributed by atoms with Crippen LogP contribution in [0.3, 0.4) is 0 Å². The Bertz CT molecular complexity index is 1080. The van der Waals surface area contributed by atoms with Gasteiger partial charge in [-0.05, 0) is 65.2 Å². The van der Waals surface area contributed by atoms with Crippen LogP contribution in [0.1, 0.15) is 50.3 Å². The molecule has 176 valence electrons. The van der Waals surface area contributed by atoms with E-state index in [2.05, 4.69) is 22.9 Å². The Labute approximate surface area is 201 Å². The molecule has 1 aliphatic heterocycles. The third-order valence-electron chi connectivity index (χ3n) is 5.57. The van der Waals surface area contributed by atoms with E-state index in [1.807, 2.05) is 0 Å². The highest BCUT2D eigenvalue weighted by Gasteiger charge is 2.46. The Morgan fingerprint density at radius 2 is 1.85 bits per heavy atom. The molecule has 8 heteroatoms. The maximum atomic E-state index is 13.1. The smallest absolute Gasteiger partial charge is 0.295 e. The second kappa shape index (κ2) is 10.7. The van der Waals surface area contributed by atoms with Crippen LogP contribution in [0.4, 0.5) is 0 Å². The highest BCUT2D eigenvalue weighted by atomic mass is 79.9. The number of benzene rings is 2. The van der Waals surface area contributed by atoms with E-state index in [0.717, 1.165) is 19.3 Å². The van der Waals surface area contributed by atoms with Crippen molar-refractivity contribution in [2.24, 2.45) is 0 Å². The standard InChI is InChI=1S/C25H28BrNO6/c1-4-6-7-12-27-22(15-8-10-18(28)20(14-15)33-5-2)21(24(30)25(27)31)23(29)16-9-11-19(32-3)17(26)13-16/h8-11,13-14,22,28-29H,4-7,12H2,1-3H3/b23-21-. The van der Waals surface area contributed by atoms with Crippen LogP contribution in [0.5, 0.6) is 17.2 Å². The van der Waals surface area contributed by atoms with Gasteiger partial charge in [0.2, 0.25) is 0 Å². The van der Waals surface area contributed by atoms with Gasteiger partial charge < -0.3 is 24.6 Å². The summed E-state index contributed by atoms with van der Waals surface area (Å²) in [5.74, 6) is -0.888. The molecule has 1 fully saturated rings. The normalized spacial score (nSPS) is 17.5. The average Bonchev–Trinajstić information content (AvgIpc) is 3.05. The number of carbonyl (C=O) groups excluding carboxylic acids is 2. The van der Waals surface area contributed by atoms with E-state index < -0.39 is 17.7 Å². The first-order chi connectivity index (χ1) is 15.8. The molecule has 0 radical (unpaired) electrons. The Balaban J connectivity index is 2.16. The van der Waals surface area contributed by atoms with Gasteiger partial charge in [-0.25, -0.2) is 0 Å². The zero-order valence-electron chi connectivity index (χ0n) is 18.9. The molecule has 0 saturated carbocycles. The van der Waals surface area contributed by atoms with Crippen molar-refractivity contribution in [3.63, 3.8) is 0 Å². The zero-order chi connectivity index (χ0) is 24.1. The van der Waals surface area contributed by atoms with E-state index in [1.54, 1.807) is 37.3 Å². The Kier molecular flexibility index (Phi) is 8.02. The Morgan fingerprint density at radius 1 is 1.09 bits per heavy atom. The molecule has 0 bridgehead atoms. The SMILES string of the molecule is CCCCCN1C(=O)C(=O)/C(=C(\O)c2ccc(OC)c(Br)c2)C1c1ccc(O)c(OCC)c1. The largest absolute Gasteiger partial charge is 0.507 e. The maximum absolute atomic E-state index is 13.1. The number of phenols is 1. The van der Waals surface area contributed by atoms with Crippen molar-refractivity contribution in [2.45, 2.75) is 39.2 Å². The van der Waals surface area contributed by atoms with Crippen LogP contribution in [0.2, 0.25) is 0 Å². The number of hydrogen-bond donors (Lipinski definition) is 2. The van der Waals surface area contributed by atoms with E-state index in [0.29, 0.717) is 34.5 Å². The monoisotopic (exact) mass is 517 g/mol. The summed E-state index contributed by atoms with van der Waals surface area (Å²) in [4.78, 5) is 27.6. The molecule has 2 N–H and O–H groups in total. The summed E-state index contributed by atoms with van der Waals surface area (Å²) >= 11 is 3.39. The van der Waals surface area contributed by atoms with Crippen molar-refractivity contribution in [2.75, 3.05) is 20.3 Å². The van der Waals surface area contributed by atoms with Crippen LogP contribution >= 0.6 is 15.9 Å². The number of nitrogens with zero attached hydrogens (tertiary/aromatic N) is 1. The molecule has 1 saturated heterocycles. The Morgan fingerprint density at radius 3 is 2.48 bits per heavy atom. The fourth-order valence-corrected chi connectivity index (χ4v) is 4.47. The van der Waals surface area contributed by atoms with Crippen LogP contribution in [0, 0.1) is 0 Å². The summed E-state index contributed by atoms with van der Waals surface area (Å²) in [5, 5.41) is 21.3. The fourth-order valence-electron chi connectivity index (χ4n) is 3.93. The number of likely N-dealkylation sites (tertiary alicyclic amines) is 1. The molecule has 0 aliphatic carbocycles. The number of aliphatic hydroxyl groups is 1. The molecular weight excluding hydrogens is 490 g/mol. The molecule has 0 aromatic heterocycles. The van der Waals surface area contributed by atoms with Crippen molar-refractivity contribution < 1.29 is 29.3 Å². The molecule has 3 rings (SSSR count). The molecule has 2 aromatic carbocycles. The summed E-state index contributed by atoms with van der Waals surface area (Å²) in [5.41, 5.74) is 0.950. The number of rotatable bonds is 9. The zero-order valence-corrected chi connectivity index (χ0v) is 20.5. The van der Waals surface area contributed by atoms with Crippen LogP contribution in [-0.4, -0.2) is 47.1 Å². The van der Waals surface area contributed by atoms with Crippen LogP contribution < -0.4 is 9.47 Å². The highest BCUT2D eigenvalue weighted by molar-refractivity contribution is 9.10. The first-order valence-electron chi connectivity index (χ1n) is 10.9. The number of halogens is 1. The van der Waals surface area contributed by atoms with E-state index in [1.165, 1.54) is 18.1 Å². The molecule has 2 aromatic rings. The minimum atomic E-state index is -0.803. The van der Waals surface area contributed by atoms with Gasteiger partial charge in [-0.15, -0.1) is 0 Å². The summed E-state index contributed by atoms with van der Waals surface area (Å²) in [6.07, 6.45) is 2.59. The Hall–Kier alpha value is -3.00. The van der Waals surface area contributed by atoms with Crippen LogP contribution in [-0.2, 0) is 9.59 Å². The molecular formula is C25H28BrNO6. The summed E-state index contributed by atoms with van der Waals surface area (Å²) in [6.45, 7) is 4.57. The van der Waals surface area contributed by atoms with Crippen molar-refractivity contribution >= 4 is 33.4 Å². The quantitative estimate of drug-likeness (QED) is 0.206. The molecule has 1 atom stereocenters. The lowest BCUT2D eigenvalue weighted by atomic mass is 9.95. The summed E-state index contributed by atoms with van der Waals surface area (Å²) in [7, 11) is 1.53. The molecule has 1 aliphatic rings. The highest BCUT2D eigenvalue weighted by Crippen LogP contribution is 2.42. The van der Waals surface area contributed by atoms with Gasteiger partial charge in [0, 0.05) is 12.1 Å². The number of phenolic OH excluding ortho intramolecular Hbond substituents is 1. The number of ketones is 1. The molecule has 33 heavy (non-hydrogen) atoms. The lowest BCUT2D eigenvalue weighted by Crippen LogP contribution is -2.30. The van der Waals surface area contributed by atoms with Gasteiger partial charge in [-0.2, -0.15) is 0 Å². The van der Waals surface area contributed by atoms with Gasteiger partial charge in [0.05, 0.1) is 29.8 Å². The van der Waals surface area contributed by atoms with E-state index >= 15 is 0 Å². The summed E-state index contributed by atoms with van der Waals surface area (Å²) < 4.78 is 11.4. The first kappa shape index (κ1) is 24.6. The second-order valence-corrected chi connectivity index (χ2v) is 8.56. The number of methoxy groups -OCH3 is 1. The third kappa shape index (κ3) is 5.00. The van der Waals surface area contributed by atoms with Crippen molar-refractivity contribution in [3.05, 3.63) is 57.6 Å². The second-order valence-electron chi connectivity index (χ2n) is 7.71. The fraction of sp³-hybridized carbons (Fsp3) is 0.360. The number of aromatic hydroxyl groups is 1. The number of ether oxygens (including phenoxy) is 2. The minimum absolute atomic E-state index is 0.00158. The first-order valence-corrected chi connectivity index (χ1v) is 11.7. The lowest BCUT2D eigenvalue weighted by Gasteiger charge is -2.26. The number of amides is 1. The minimum Gasteiger partial charge on any atom is -0.507 e. The molecule has 1 heterocycles. The number of hydrogen-bond acceptors (Lipinski definition) is 6. The van der Waals surface area contributed by atoms with Gasteiger partial charge in [0.15, 0.2) is 11.5 Å². The number of carbonyl (C=O) groups is 2. The number of Topliss-reactive ketones (excluding diaryl/α,β-unsaturated/α-hetero) is 1. The average molecular weight is 518 g/mol. The lowest BCUT2D eigenvalue weighted by molar-refractivity contribution is -0.139. The maximum Gasteiger partial charge on any atom is 0.295 e. The topological polar surface area (TPSA) is 96.3 Å². The molecule has 0 spiro atoms. The number of aliphatic hydroxyl groups excluding tert-OH is 1. The van der Waals surface area contributed by atoms with E-state index in [9.17, 15) is 19.8 Å². The number of unbranched alkanes of at least 4 members (excludes halogenated alkanes) is 2. The molecule has 1 amide bonds. The van der Waals surface area contributed by atoms with Crippen molar-refractivity contribution in [1.82, 2.24) is 4.90 Å². The van der Waals surface area contributed by atoms with E-state index in [-0.39, 0.29) is 22.8 Å². The predicted molar refractivity (Wildman–Crippen MR) is 129 cm³/mol. The van der Waals surface area contributed by atoms with Gasteiger partial charge in [-0.1, -0.05) is 25.8 Å². The van der Waals surface area contributed by atoms with Crippen LogP contribution in [0.25, 0.3) is 5.76 Å². The van der Waals surface area contributed by atoms with Crippen molar-refractivity contribution in [3.8, 4) is 17.2 Å². The van der Waals surface area contributed by atoms with Gasteiger partial charge in [0.1, 0.15) is 11.5 Å². The van der Waals surface area contributed by atoms with Gasteiger partial charge in [0.25, 0.3) is 11.7 Å². The van der Waals surface area contributed by atoms with E-state index in [4.69, 9.17) is 9.47 Å². The van der Waals surface area contributed by atoms with Crippen LogP contribution in [0.15, 0.2) is 46.4 Å². The molecule has 1 unspecified atom stereocenters. The van der Waals surface area contributed by atoms with Crippen molar-refractivity contribution in [1.29, 1.82) is 0 Å².